The van der Waals surface area contributed by atoms with Crippen LogP contribution in [0.2, 0.25) is 0 Å². The fourth-order valence-corrected chi connectivity index (χ4v) is 1.43. The number of rotatable bonds is 0. The van der Waals surface area contributed by atoms with E-state index in [1.54, 1.807) is 0 Å². The fraction of sp³-hybridized carbons (Fsp3) is 0.455. The molecule has 1 N–H and O–H groups in total. The van der Waals surface area contributed by atoms with Gasteiger partial charge in [-0.05, 0) is 12.1 Å². The first-order valence-electron chi connectivity index (χ1n) is 4.92. The minimum absolute atomic E-state index is 1.05. The van der Waals surface area contributed by atoms with Gasteiger partial charge in [0.2, 0.25) is 0 Å². The number of benzene rings is 1. The predicted molar refractivity (Wildman–Crippen MR) is 59.5 cm³/mol. The van der Waals surface area contributed by atoms with Crippen LogP contribution in [0.25, 0.3) is 0 Å². The molecule has 2 nitrogen and oxygen atoms in total. The van der Waals surface area contributed by atoms with Gasteiger partial charge in [0.25, 0.3) is 0 Å². The first-order valence-corrected chi connectivity index (χ1v) is 4.92. The molecule has 0 radical (unpaired) electrons. The summed E-state index contributed by atoms with van der Waals surface area (Å²) in [5.41, 5.74) is 2.56. The summed E-state index contributed by atoms with van der Waals surface area (Å²) in [6, 6.07) is 8.39. The first-order chi connectivity index (χ1) is 6.38. The summed E-state index contributed by atoms with van der Waals surface area (Å²) in [5.74, 6) is 0. The second-order valence-corrected chi connectivity index (χ2v) is 2.87. The second kappa shape index (κ2) is 4.75. The van der Waals surface area contributed by atoms with Crippen LogP contribution in [-0.2, 0) is 0 Å². The van der Waals surface area contributed by atoms with Gasteiger partial charge in [0.05, 0.1) is 11.4 Å². The Labute approximate surface area is 80.6 Å². The lowest BCUT2D eigenvalue weighted by Gasteiger charge is -2.28. The number of anilines is 2. The van der Waals surface area contributed by atoms with Crippen molar-refractivity contribution < 1.29 is 0 Å². The van der Waals surface area contributed by atoms with Gasteiger partial charge in [-0.3, -0.25) is 0 Å². The van der Waals surface area contributed by atoms with Crippen LogP contribution in [0.1, 0.15) is 13.8 Å². The molecule has 0 atom stereocenters. The van der Waals surface area contributed by atoms with E-state index in [1.807, 2.05) is 13.8 Å². The number of nitrogens with one attached hydrogen (secondary N) is 1. The Kier molecular flexibility index (Phi) is 3.62. The number of fused-ring (bicyclic) bond motifs is 1. The van der Waals surface area contributed by atoms with Crippen LogP contribution in [0.5, 0.6) is 0 Å². The number of para-hydroxylation sites is 2. The van der Waals surface area contributed by atoms with E-state index in [-0.39, 0.29) is 0 Å². The molecule has 0 spiro atoms. The van der Waals surface area contributed by atoms with Crippen LogP contribution < -0.4 is 10.2 Å². The Bertz CT molecular complexity index is 258. The summed E-state index contributed by atoms with van der Waals surface area (Å²) in [7, 11) is 2.12. The molecule has 13 heavy (non-hydrogen) atoms. The molecular formula is C11H18N2. The molecule has 1 aromatic carbocycles. The van der Waals surface area contributed by atoms with Gasteiger partial charge in [0, 0.05) is 20.1 Å². The standard InChI is InChI=1S/C9H12N2.C2H6/c1-11-7-6-10-8-4-2-3-5-9(8)11;1-2/h2-5,10H,6-7H2,1H3;1-2H3. The Morgan fingerprint density at radius 1 is 1.23 bits per heavy atom. The highest BCUT2D eigenvalue weighted by molar-refractivity contribution is 5.71. The van der Waals surface area contributed by atoms with Crippen molar-refractivity contribution in [3.05, 3.63) is 24.3 Å². The lowest BCUT2D eigenvalue weighted by molar-refractivity contribution is 0.887. The highest BCUT2D eigenvalue weighted by atomic mass is 15.2. The van der Waals surface area contributed by atoms with Crippen LogP contribution in [0.4, 0.5) is 11.4 Å². The summed E-state index contributed by atoms with van der Waals surface area (Å²) in [6.07, 6.45) is 0. The average molecular weight is 178 g/mol. The molecule has 0 aliphatic carbocycles. The molecule has 1 aromatic rings. The van der Waals surface area contributed by atoms with Crippen LogP contribution in [0.15, 0.2) is 24.3 Å². The third-order valence-corrected chi connectivity index (χ3v) is 2.08. The Hall–Kier alpha value is -1.18. The van der Waals surface area contributed by atoms with Crippen molar-refractivity contribution in [1.29, 1.82) is 0 Å². The molecule has 0 amide bonds. The summed E-state index contributed by atoms with van der Waals surface area (Å²) < 4.78 is 0. The Morgan fingerprint density at radius 2 is 1.92 bits per heavy atom. The van der Waals surface area contributed by atoms with Crippen molar-refractivity contribution in [2.24, 2.45) is 0 Å². The van der Waals surface area contributed by atoms with E-state index in [2.05, 4.69) is 41.5 Å². The van der Waals surface area contributed by atoms with Crippen molar-refractivity contribution in [3.63, 3.8) is 0 Å². The molecule has 0 saturated carbocycles. The van der Waals surface area contributed by atoms with E-state index in [4.69, 9.17) is 0 Å². The zero-order chi connectivity index (χ0) is 9.68. The van der Waals surface area contributed by atoms with E-state index >= 15 is 0 Å². The predicted octanol–water partition coefficient (Wildman–Crippen LogP) is 2.57. The summed E-state index contributed by atoms with van der Waals surface area (Å²) >= 11 is 0. The SMILES string of the molecule is CC.CN1CCNc2ccccc21. The van der Waals surface area contributed by atoms with Gasteiger partial charge in [-0.25, -0.2) is 0 Å². The molecule has 1 aliphatic heterocycles. The maximum Gasteiger partial charge on any atom is 0.0600 e. The number of nitrogens with zero attached hydrogens (tertiary/aromatic N) is 1. The monoisotopic (exact) mass is 178 g/mol. The van der Waals surface area contributed by atoms with Gasteiger partial charge in [-0.15, -0.1) is 0 Å². The second-order valence-electron chi connectivity index (χ2n) is 2.87. The lowest BCUT2D eigenvalue weighted by Crippen LogP contribution is -2.30. The molecule has 2 rings (SSSR count). The quantitative estimate of drug-likeness (QED) is 0.657. The maximum atomic E-state index is 3.35. The molecule has 1 heterocycles. The molecule has 0 fully saturated rings. The molecule has 0 saturated heterocycles. The maximum absolute atomic E-state index is 3.35. The third kappa shape index (κ3) is 2.14. The summed E-state index contributed by atoms with van der Waals surface area (Å²) in [4.78, 5) is 2.27. The average Bonchev–Trinajstić information content (AvgIpc) is 2.22. The van der Waals surface area contributed by atoms with E-state index in [0.717, 1.165) is 13.1 Å². The van der Waals surface area contributed by atoms with Gasteiger partial charge in [0.15, 0.2) is 0 Å². The number of hydrogen-bond acceptors (Lipinski definition) is 2. The van der Waals surface area contributed by atoms with Crippen molar-refractivity contribution >= 4 is 11.4 Å². The van der Waals surface area contributed by atoms with E-state index in [1.165, 1.54) is 11.4 Å². The third-order valence-electron chi connectivity index (χ3n) is 2.08. The minimum atomic E-state index is 1.05. The fourth-order valence-electron chi connectivity index (χ4n) is 1.43. The van der Waals surface area contributed by atoms with E-state index < -0.39 is 0 Å². The summed E-state index contributed by atoms with van der Waals surface area (Å²) in [6.45, 7) is 6.14. The van der Waals surface area contributed by atoms with Gasteiger partial charge >= 0.3 is 0 Å². The zero-order valence-electron chi connectivity index (χ0n) is 8.67. The molecule has 0 bridgehead atoms. The van der Waals surface area contributed by atoms with Crippen molar-refractivity contribution in [1.82, 2.24) is 0 Å². The van der Waals surface area contributed by atoms with Gasteiger partial charge in [-0.2, -0.15) is 0 Å². The van der Waals surface area contributed by atoms with Crippen LogP contribution >= 0.6 is 0 Å². The molecule has 0 unspecified atom stereocenters. The van der Waals surface area contributed by atoms with Crippen LogP contribution in [0, 0.1) is 0 Å². The van der Waals surface area contributed by atoms with Crippen LogP contribution in [-0.4, -0.2) is 20.1 Å². The molecule has 0 aromatic heterocycles. The largest absolute Gasteiger partial charge is 0.382 e. The Balaban J connectivity index is 0.000000396. The van der Waals surface area contributed by atoms with Crippen LogP contribution in [0.3, 0.4) is 0 Å². The van der Waals surface area contributed by atoms with E-state index in [0.29, 0.717) is 0 Å². The number of likely N-dealkylation sites (N-methyl/N-ethyl adjacent to an activating group) is 1. The molecule has 72 valence electrons. The van der Waals surface area contributed by atoms with Gasteiger partial charge < -0.3 is 10.2 Å². The highest BCUT2D eigenvalue weighted by Crippen LogP contribution is 2.26. The molecule has 1 aliphatic rings. The van der Waals surface area contributed by atoms with Crippen molar-refractivity contribution in [2.75, 3.05) is 30.4 Å². The van der Waals surface area contributed by atoms with Crippen molar-refractivity contribution in [2.45, 2.75) is 13.8 Å². The minimum Gasteiger partial charge on any atom is -0.382 e. The lowest BCUT2D eigenvalue weighted by atomic mass is 10.2. The van der Waals surface area contributed by atoms with E-state index in [9.17, 15) is 0 Å². The normalized spacial score (nSPS) is 13.6. The number of hydrogen-bond donors (Lipinski definition) is 1. The smallest absolute Gasteiger partial charge is 0.0600 e. The molecular weight excluding hydrogens is 160 g/mol. The molecule has 2 heteroatoms. The Morgan fingerprint density at radius 3 is 2.62 bits per heavy atom. The van der Waals surface area contributed by atoms with Gasteiger partial charge in [0.1, 0.15) is 0 Å². The highest BCUT2D eigenvalue weighted by Gasteiger charge is 2.10. The van der Waals surface area contributed by atoms with Gasteiger partial charge in [-0.1, -0.05) is 26.0 Å². The topological polar surface area (TPSA) is 15.3 Å². The summed E-state index contributed by atoms with van der Waals surface area (Å²) in [5, 5.41) is 3.35. The zero-order valence-corrected chi connectivity index (χ0v) is 8.67. The van der Waals surface area contributed by atoms with Crippen molar-refractivity contribution in [3.8, 4) is 0 Å². The first kappa shape index (κ1) is 9.90.